The third-order valence-corrected chi connectivity index (χ3v) is 5.38. The first-order valence-electron chi connectivity index (χ1n) is 6.52. The molecule has 1 aliphatic rings. The van der Waals surface area contributed by atoms with Crippen LogP contribution in [-0.2, 0) is 4.79 Å². The van der Waals surface area contributed by atoms with Crippen LogP contribution >= 0.6 is 11.8 Å². The summed E-state index contributed by atoms with van der Waals surface area (Å²) in [5, 5.41) is 9.43. The Kier molecular flexibility index (Phi) is 5.67. The Bertz CT molecular complexity index is 214. The van der Waals surface area contributed by atoms with Crippen molar-refractivity contribution in [3.8, 4) is 0 Å². The highest BCUT2D eigenvalue weighted by atomic mass is 32.2. The van der Waals surface area contributed by atoms with E-state index in [2.05, 4.69) is 13.8 Å². The molecule has 1 rings (SSSR count). The van der Waals surface area contributed by atoms with Gasteiger partial charge in [0.1, 0.15) is 4.75 Å². The molecule has 0 aromatic heterocycles. The molecule has 94 valence electrons. The smallest absolute Gasteiger partial charge is 0.319 e. The zero-order valence-electron chi connectivity index (χ0n) is 10.5. The molecule has 16 heavy (non-hydrogen) atoms. The summed E-state index contributed by atoms with van der Waals surface area (Å²) >= 11 is 1.69. The van der Waals surface area contributed by atoms with Gasteiger partial charge < -0.3 is 5.11 Å². The highest BCUT2D eigenvalue weighted by molar-refractivity contribution is 8.01. The summed E-state index contributed by atoms with van der Waals surface area (Å²) in [6.07, 6.45) is 7.43. The Labute approximate surface area is 103 Å². The largest absolute Gasteiger partial charge is 0.480 e. The minimum absolute atomic E-state index is 0.457. The zero-order chi connectivity index (χ0) is 12.0. The van der Waals surface area contributed by atoms with E-state index in [-0.39, 0.29) is 0 Å². The number of carboxylic acid groups (broad SMARTS) is 1. The summed E-state index contributed by atoms with van der Waals surface area (Å²) in [5.74, 6) is 1.18. The van der Waals surface area contributed by atoms with Gasteiger partial charge in [-0.25, -0.2) is 0 Å². The first-order valence-corrected chi connectivity index (χ1v) is 7.50. The number of hydrogen-bond acceptors (Lipinski definition) is 2. The van der Waals surface area contributed by atoms with E-state index in [1.165, 1.54) is 6.42 Å². The second-order valence-corrected chi connectivity index (χ2v) is 6.33. The van der Waals surface area contributed by atoms with Gasteiger partial charge in [0.05, 0.1) is 0 Å². The fourth-order valence-electron chi connectivity index (χ4n) is 2.38. The fourth-order valence-corrected chi connectivity index (χ4v) is 3.86. The second kappa shape index (κ2) is 6.53. The van der Waals surface area contributed by atoms with Crippen molar-refractivity contribution in [2.45, 2.75) is 63.5 Å². The Balaban J connectivity index is 2.51. The van der Waals surface area contributed by atoms with Crippen LogP contribution in [0.5, 0.6) is 0 Å². The van der Waals surface area contributed by atoms with E-state index in [0.717, 1.165) is 50.2 Å². The molecule has 3 heteroatoms. The molecule has 0 amide bonds. The third kappa shape index (κ3) is 3.41. The molecule has 0 heterocycles. The zero-order valence-corrected chi connectivity index (χ0v) is 11.3. The minimum atomic E-state index is -0.580. The Hall–Kier alpha value is -0.180. The van der Waals surface area contributed by atoms with Crippen molar-refractivity contribution < 1.29 is 9.90 Å². The number of carbonyl (C=O) groups is 1. The van der Waals surface area contributed by atoms with Crippen LogP contribution in [0.3, 0.4) is 0 Å². The van der Waals surface area contributed by atoms with E-state index in [1.807, 2.05) is 0 Å². The van der Waals surface area contributed by atoms with Crippen molar-refractivity contribution in [2.75, 3.05) is 5.75 Å². The maximum Gasteiger partial charge on any atom is 0.319 e. The molecule has 0 bridgehead atoms. The van der Waals surface area contributed by atoms with Crippen molar-refractivity contribution in [2.24, 2.45) is 5.92 Å². The van der Waals surface area contributed by atoms with Crippen molar-refractivity contribution in [1.82, 2.24) is 0 Å². The molecule has 1 aliphatic carbocycles. The van der Waals surface area contributed by atoms with Crippen LogP contribution in [0.1, 0.15) is 58.8 Å². The molecule has 0 aliphatic heterocycles. The first kappa shape index (κ1) is 13.9. The standard InChI is InChI=1S/C13H24O2S/c1-3-5-10-16-13(12(14)15)8-6-11(4-2)7-9-13/h11H,3-10H2,1-2H3,(H,14,15). The number of rotatable bonds is 6. The lowest BCUT2D eigenvalue weighted by molar-refractivity contribution is -0.141. The van der Waals surface area contributed by atoms with E-state index >= 15 is 0 Å². The monoisotopic (exact) mass is 244 g/mol. The SMILES string of the molecule is CCCCSC1(C(=O)O)CCC(CC)CC1. The van der Waals surface area contributed by atoms with Gasteiger partial charge in [0.25, 0.3) is 0 Å². The molecular weight excluding hydrogens is 220 g/mol. The van der Waals surface area contributed by atoms with Crippen molar-refractivity contribution in [3.63, 3.8) is 0 Å². The quantitative estimate of drug-likeness (QED) is 0.719. The number of thioether (sulfide) groups is 1. The molecule has 1 saturated carbocycles. The summed E-state index contributed by atoms with van der Waals surface area (Å²) in [6, 6.07) is 0. The molecule has 0 atom stereocenters. The van der Waals surface area contributed by atoms with Crippen LogP contribution < -0.4 is 0 Å². The van der Waals surface area contributed by atoms with Gasteiger partial charge in [-0.1, -0.05) is 26.7 Å². The molecule has 0 spiro atoms. The van der Waals surface area contributed by atoms with Crippen LogP contribution in [0.2, 0.25) is 0 Å². The summed E-state index contributed by atoms with van der Waals surface area (Å²) in [4.78, 5) is 11.4. The van der Waals surface area contributed by atoms with Crippen LogP contribution in [0.25, 0.3) is 0 Å². The lowest BCUT2D eigenvalue weighted by Gasteiger charge is -2.36. The van der Waals surface area contributed by atoms with Crippen LogP contribution in [0.4, 0.5) is 0 Å². The average molecular weight is 244 g/mol. The van der Waals surface area contributed by atoms with Crippen molar-refractivity contribution >= 4 is 17.7 Å². The Morgan fingerprint density at radius 3 is 2.44 bits per heavy atom. The van der Waals surface area contributed by atoms with Crippen LogP contribution in [-0.4, -0.2) is 21.6 Å². The number of carboxylic acids is 1. The first-order chi connectivity index (χ1) is 7.64. The summed E-state index contributed by atoms with van der Waals surface area (Å²) in [7, 11) is 0. The maximum absolute atomic E-state index is 11.4. The predicted molar refractivity (Wildman–Crippen MR) is 70.0 cm³/mol. The summed E-state index contributed by atoms with van der Waals surface area (Å²) < 4.78 is -0.457. The molecule has 0 aromatic carbocycles. The average Bonchev–Trinajstić information content (AvgIpc) is 2.30. The topological polar surface area (TPSA) is 37.3 Å². The molecule has 0 saturated heterocycles. The third-order valence-electron chi connectivity index (χ3n) is 3.76. The lowest BCUT2D eigenvalue weighted by Crippen LogP contribution is -2.39. The minimum Gasteiger partial charge on any atom is -0.480 e. The van der Waals surface area contributed by atoms with Gasteiger partial charge in [0.2, 0.25) is 0 Å². The van der Waals surface area contributed by atoms with Gasteiger partial charge in [0.15, 0.2) is 0 Å². The summed E-state index contributed by atoms with van der Waals surface area (Å²) in [6.45, 7) is 4.37. The van der Waals surface area contributed by atoms with Gasteiger partial charge in [0, 0.05) is 0 Å². The maximum atomic E-state index is 11.4. The highest BCUT2D eigenvalue weighted by Crippen LogP contribution is 2.43. The number of hydrogen-bond donors (Lipinski definition) is 1. The lowest BCUT2D eigenvalue weighted by atomic mass is 9.80. The van der Waals surface area contributed by atoms with Crippen LogP contribution in [0.15, 0.2) is 0 Å². The van der Waals surface area contributed by atoms with Gasteiger partial charge in [-0.15, -0.1) is 11.8 Å². The number of aliphatic carboxylic acids is 1. The van der Waals surface area contributed by atoms with Gasteiger partial charge in [-0.05, 0) is 43.8 Å². The molecule has 1 N–H and O–H groups in total. The summed E-state index contributed by atoms with van der Waals surface area (Å²) in [5.41, 5.74) is 0. The molecule has 0 aromatic rings. The van der Waals surface area contributed by atoms with Gasteiger partial charge in [-0.2, -0.15) is 0 Å². The molecule has 0 radical (unpaired) electrons. The molecule has 0 unspecified atom stereocenters. The number of unbranched alkanes of at least 4 members (excludes halogenated alkanes) is 1. The fraction of sp³-hybridized carbons (Fsp3) is 0.923. The van der Waals surface area contributed by atoms with E-state index < -0.39 is 10.7 Å². The molecule has 1 fully saturated rings. The van der Waals surface area contributed by atoms with Crippen molar-refractivity contribution in [3.05, 3.63) is 0 Å². The van der Waals surface area contributed by atoms with Crippen LogP contribution in [0, 0.1) is 5.92 Å². The van der Waals surface area contributed by atoms with Crippen molar-refractivity contribution in [1.29, 1.82) is 0 Å². The van der Waals surface area contributed by atoms with E-state index in [0.29, 0.717) is 0 Å². The highest BCUT2D eigenvalue weighted by Gasteiger charge is 2.41. The van der Waals surface area contributed by atoms with E-state index in [1.54, 1.807) is 11.8 Å². The molecular formula is C13H24O2S. The second-order valence-electron chi connectivity index (χ2n) is 4.85. The Morgan fingerprint density at radius 2 is 2.00 bits per heavy atom. The predicted octanol–water partition coefficient (Wildman–Crippen LogP) is 3.94. The normalized spacial score (nSPS) is 30.2. The molecule has 2 nitrogen and oxygen atoms in total. The van der Waals surface area contributed by atoms with E-state index in [4.69, 9.17) is 0 Å². The van der Waals surface area contributed by atoms with Gasteiger partial charge in [-0.3, -0.25) is 4.79 Å². The van der Waals surface area contributed by atoms with E-state index in [9.17, 15) is 9.90 Å². The van der Waals surface area contributed by atoms with Gasteiger partial charge >= 0.3 is 5.97 Å². The Morgan fingerprint density at radius 1 is 1.38 bits per heavy atom.